The Labute approximate surface area is 115 Å². The van der Waals surface area contributed by atoms with Gasteiger partial charge in [0.25, 0.3) is 0 Å². The van der Waals surface area contributed by atoms with Gasteiger partial charge in [-0.15, -0.1) is 0 Å². The molecule has 1 heterocycles. The summed E-state index contributed by atoms with van der Waals surface area (Å²) in [5, 5.41) is 10.2. The Hall–Kier alpha value is -0.995. The maximum absolute atomic E-state index is 10.2. The number of fused-ring (bicyclic) bond motifs is 1. The molecular formula is C15H21BO3. The number of rotatable bonds is 1. The zero-order chi connectivity index (χ0) is 13.8. The number of benzene rings is 1. The first kappa shape index (κ1) is 13.0. The average Bonchev–Trinajstić information content (AvgIpc) is 2.80. The van der Waals surface area contributed by atoms with Crippen LogP contribution in [0.3, 0.4) is 0 Å². The van der Waals surface area contributed by atoms with Crippen LogP contribution in [0, 0.1) is 0 Å². The second-order valence-electron chi connectivity index (χ2n) is 6.62. The van der Waals surface area contributed by atoms with E-state index in [0.29, 0.717) is 5.75 Å². The molecular weight excluding hydrogens is 239 g/mol. The molecule has 4 heteroatoms. The van der Waals surface area contributed by atoms with Crippen LogP contribution in [0.25, 0.3) is 0 Å². The van der Waals surface area contributed by atoms with Gasteiger partial charge in [-0.25, -0.2) is 0 Å². The van der Waals surface area contributed by atoms with Gasteiger partial charge in [-0.2, -0.15) is 0 Å². The molecule has 1 aliphatic heterocycles. The van der Waals surface area contributed by atoms with Gasteiger partial charge in [0, 0.05) is 5.46 Å². The second kappa shape index (κ2) is 4.00. The minimum atomic E-state index is -0.476. The summed E-state index contributed by atoms with van der Waals surface area (Å²) in [4.78, 5) is 0. The first-order valence-corrected chi connectivity index (χ1v) is 7.00. The molecule has 0 aromatic heterocycles. The Bertz CT molecular complexity index is 506. The Morgan fingerprint density at radius 2 is 1.53 bits per heavy atom. The molecule has 0 atom stereocenters. The fourth-order valence-electron chi connectivity index (χ4n) is 2.79. The van der Waals surface area contributed by atoms with E-state index in [9.17, 15) is 5.11 Å². The van der Waals surface area contributed by atoms with Gasteiger partial charge >= 0.3 is 7.12 Å². The van der Waals surface area contributed by atoms with Gasteiger partial charge in [0.15, 0.2) is 0 Å². The number of phenolic OH excluding ortho intramolecular Hbond substituents is 1. The normalized spacial score (nSPS) is 23.7. The molecule has 0 radical (unpaired) electrons. The predicted molar refractivity (Wildman–Crippen MR) is 75.8 cm³/mol. The van der Waals surface area contributed by atoms with E-state index in [1.807, 2.05) is 33.8 Å². The largest absolute Gasteiger partial charge is 0.508 e. The van der Waals surface area contributed by atoms with Crippen molar-refractivity contribution in [2.45, 2.75) is 58.2 Å². The molecule has 3 rings (SSSR count). The first-order valence-electron chi connectivity index (χ1n) is 7.00. The Kier molecular flexibility index (Phi) is 2.74. The molecule has 0 saturated carbocycles. The van der Waals surface area contributed by atoms with Crippen molar-refractivity contribution in [2.75, 3.05) is 0 Å². The molecule has 0 bridgehead atoms. The zero-order valence-electron chi connectivity index (χ0n) is 12.1. The van der Waals surface area contributed by atoms with Crippen molar-refractivity contribution in [1.29, 1.82) is 0 Å². The molecule has 0 spiro atoms. The molecule has 1 N–H and O–H groups in total. The van der Waals surface area contributed by atoms with Crippen LogP contribution in [0.2, 0.25) is 0 Å². The van der Waals surface area contributed by atoms with Crippen molar-refractivity contribution in [3.63, 3.8) is 0 Å². The van der Waals surface area contributed by atoms with Crippen LogP contribution in [0.1, 0.15) is 45.2 Å². The van der Waals surface area contributed by atoms with Crippen molar-refractivity contribution in [1.82, 2.24) is 0 Å². The summed E-state index contributed by atoms with van der Waals surface area (Å²) < 4.78 is 12.0. The smallest absolute Gasteiger partial charge is 0.498 e. The van der Waals surface area contributed by atoms with E-state index in [0.717, 1.165) is 18.3 Å². The van der Waals surface area contributed by atoms with E-state index < -0.39 is 7.12 Å². The van der Waals surface area contributed by atoms with Crippen molar-refractivity contribution >= 4 is 12.6 Å². The fourth-order valence-corrected chi connectivity index (χ4v) is 2.79. The van der Waals surface area contributed by atoms with E-state index in [4.69, 9.17) is 9.31 Å². The molecule has 2 aliphatic rings. The van der Waals surface area contributed by atoms with Crippen LogP contribution in [-0.4, -0.2) is 23.4 Å². The van der Waals surface area contributed by atoms with E-state index >= 15 is 0 Å². The van der Waals surface area contributed by atoms with Crippen LogP contribution < -0.4 is 5.46 Å². The van der Waals surface area contributed by atoms with Crippen LogP contribution in [0.5, 0.6) is 5.75 Å². The lowest BCUT2D eigenvalue weighted by Gasteiger charge is -2.32. The third-order valence-electron chi connectivity index (χ3n) is 4.75. The summed E-state index contributed by atoms with van der Waals surface area (Å²) in [6.45, 7) is 8.10. The van der Waals surface area contributed by atoms with Crippen molar-refractivity contribution in [3.8, 4) is 5.75 Å². The van der Waals surface area contributed by atoms with E-state index in [1.54, 1.807) is 0 Å². The van der Waals surface area contributed by atoms with Crippen LogP contribution >= 0.6 is 0 Å². The monoisotopic (exact) mass is 260 g/mol. The maximum atomic E-state index is 10.2. The van der Waals surface area contributed by atoms with Gasteiger partial charge in [0.1, 0.15) is 5.75 Å². The minimum absolute atomic E-state index is 0.291. The third-order valence-corrected chi connectivity index (χ3v) is 4.75. The molecule has 3 nitrogen and oxygen atoms in total. The number of phenols is 1. The highest BCUT2D eigenvalue weighted by Gasteiger charge is 2.52. The van der Waals surface area contributed by atoms with Gasteiger partial charge in [-0.1, -0.05) is 6.07 Å². The lowest BCUT2D eigenvalue weighted by atomic mass is 9.77. The number of hydrogen-bond donors (Lipinski definition) is 1. The fraction of sp³-hybridized carbons (Fsp3) is 0.600. The van der Waals surface area contributed by atoms with E-state index in [1.165, 1.54) is 17.5 Å². The van der Waals surface area contributed by atoms with Crippen LogP contribution in [0.15, 0.2) is 12.1 Å². The minimum Gasteiger partial charge on any atom is -0.508 e. The number of aryl methyl sites for hydroxylation is 2. The highest BCUT2D eigenvalue weighted by molar-refractivity contribution is 6.63. The van der Waals surface area contributed by atoms with Gasteiger partial charge in [0.2, 0.25) is 0 Å². The lowest BCUT2D eigenvalue weighted by molar-refractivity contribution is 0.00578. The lowest BCUT2D eigenvalue weighted by Crippen LogP contribution is -2.41. The third kappa shape index (κ3) is 1.98. The van der Waals surface area contributed by atoms with Crippen molar-refractivity contribution in [2.24, 2.45) is 0 Å². The molecule has 0 unspecified atom stereocenters. The second-order valence-corrected chi connectivity index (χ2v) is 6.62. The maximum Gasteiger partial charge on any atom is 0.498 e. The molecule has 1 aromatic rings. The van der Waals surface area contributed by atoms with Crippen LogP contribution in [-0.2, 0) is 22.2 Å². The first-order chi connectivity index (χ1) is 8.80. The number of hydrogen-bond acceptors (Lipinski definition) is 3. The predicted octanol–water partition coefficient (Wildman–Crippen LogP) is 2.18. The SMILES string of the molecule is CC1(C)OB(c2cc3c(cc2O)CCC3)OC1(C)C. The molecule has 1 saturated heterocycles. The topological polar surface area (TPSA) is 38.7 Å². The number of aromatic hydroxyl groups is 1. The van der Waals surface area contributed by atoms with Gasteiger partial charge < -0.3 is 14.4 Å². The summed E-state index contributed by atoms with van der Waals surface area (Å²) >= 11 is 0. The van der Waals surface area contributed by atoms with E-state index in [2.05, 4.69) is 6.07 Å². The Balaban J connectivity index is 1.96. The van der Waals surface area contributed by atoms with Crippen LogP contribution in [0.4, 0.5) is 0 Å². The Morgan fingerprint density at radius 3 is 2.11 bits per heavy atom. The average molecular weight is 260 g/mol. The van der Waals surface area contributed by atoms with Gasteiger partial charge in [0.05, 0.1) is 11.2 Å². The molecule has 1 fully saturated rings. The zero-order valence-corrected chi connectivity index (χ0v) is 12.1. The molecule has 1 aromatic carbocycles. The molecule has 0 amide bonds. The summed E-state index contributed by atoms with van der Waals surface area (Å²) in [6.07, 6.45) is 3.32. The Morgan fingerprint density at radius 1 is 1.00 bits per heavy atom. The molecule has 102 valence electrons. The van der Waals surface area contributed by atoms with Gasteiger partial charge in [-0.3, -0.25) is 0 Å². The summed E-state index contributed by atoms with van der Waals surface area (Å²) in [6, 6.07) is 3.93. The highest BCUT2D eigenvalue weighted by atomic mass is 16.7. The van der Waals surface area contributed by atoms with Crippen molar-refractivity contribution in [3.05, 3.63) is 23.3 Å². The molecule has 19 heavy (non-hydrogen) atoms. The highest BCUT2D eigenvalue weighted by Crippen LogP contribution is 2.37. The summed E-state index contributed by atoms with van der Waals surface area (Å²) in [7, 11) is -0.476. The summed E-state index contributed by atoms with van der Waals surface area (Å²) in [5.41, 5.74) is 2.60. The summed E-state index contributed by atoms with van der Waals surface area (Å²) in [5.74, 6) is 0.291. The molecule has 1 aliphatic carbocycles. The quantitative estimate of drug-likeness (QED) is 0.786. The van der Waals surface area contributed by atoms with Crippen molar-refractivity contribution < 1.29 is 14.4 Å². The van der Waals surface area contributed by atoms with E-state index in [-0.39, 0.29) is 11.2 Å². The van der Waals surface area contributed by atoms with Gasteiger partial charge in [-0.05, 0) is 64.2 Å². The standard InChI is InChI=1S/C15H21BO3/c1-14(2)15(3,4)19-16(18-14)12-8-10-6-5-7-11(10)9-13(12)17/h8-9,17H,5-7H2,1-4H3.